The van der Waals surface area contributed by atoms with Crippen LogP contribution in [0.15, 0.2) is 23.3 Å². The van der Waals surface area contributed by atoms with Gasteiger partial charge < -0.3 is 5.32 Å². The minimum Gasteiger partial charge on any atom is -0.343 e. The molecule has 2 saturated carbocycles. The first kappa shape index (κ1) is 18.6. The lowest BCUT2D eigenvalue weighted by atomic mass is 9.70. The van der Waals surface area contributed by atoms with Crippen molar-refractivity contribution in [3.8, 4) is 0 Å². The van der Waals surface area contributed by atoms with Gasteiger partial charge in [-0.15, -0.1) is 0 Å². The maximum absolute atomic E-state index is 12.2. The highest BCUT2D eigenvalue weighted by Gasteiger charge is 2.59. The van der Waals surface area contributed by atoms with E-state index in [1.54, 1.807) is 6.07 Å². The summed E-state index contributed by atoms with van der Waals surface area (Å²) in [5, 5.41) is 7.08. The number of benzene rings is 1. The molecule has 26 heavy (non-hydrogen) atoms. The van der Waals surface area contributed by atoms with Crippen molar-refractivity contribution in [2.45, 2.75) is 53.9 Å². The van der Waals surface area contributed by atoms with E-state index in [1.807, 2.05) is 26.0 Å². The van der Waals surface area contributed by atoms with Crippen LogP contribution in [0.4, 0.5) is 0 Å². The van der Waals surface area contributed by atoms with Crippen LogP contribution in [-0.4, -0.2) is 24.1 Å². The molecule has 2 fully saturated rings. The van der Waals surface area contributed by atoms with Gasteiger partial charge in [0.15, 0.2) is 0 Å². The number of nitrogens with zero attached hydrogens (tertiary/aromatic N) is 1. The predicted molar refractivity (Wildman–Crippen MR) is 103 cm³/mol. The number of rotatable bonds is 4. The summed E-state index contributed by atoms with van der Waals surface area (Å²) in [4.78, 5) is 24.3. The smallest absolute Gasteiger partial charge is 0.259 e. The average Bonchev–Trinajstić information content (AvgIpc) is 2.93. The van der Waals surface area contributed by atoms with Gasteiger partial charge in [-0.1, -0.05) is 26.8 Å². The first-order valence-electron chi connectivity index (χ1n) is 9.36. The Hall–Kier alpha value is -2.17. The number of hydrogen-bond acceptors (Lipinski definition) is 3. The molecule has 2 aliphatic carbocycles. The summed E-state index contributed by atoms with van der Waals surface area (Å²) >= 11 is 0. The van der Waals surface area contributed by atoms with E-state index < -0.39 is 0 Å². The average molecular weight is 355 g/mol. The van der Waals surface area contributed by atoms with Crippen LogP contribution in [0.5, 0.6) is 0 Å². The standard InChI is InChI=1S/C21H29N3O2/c1-13-6-7-15(10-14(13)2)19(26)22-12-18(25)24-23-17-11-16-8-9-21(17,5)20(16,3)4/h6-7,10,16H,8-9,11-12H2,1-5H3,(H,22,26)(H,24,25)/b23-17-/t16-,21-/m0/s1. The molecule has 5 nitrogen and oxygen atoms in total. The number of carbonyl (C=O) groups excluding carboxylic acids is 2. The molecule has 3 rings (SSSR count). The van der Waals surface area contributed by atoms with E-state index in [2.05, 4.69) is 36.6 Å². The lowest BCUT2D eigenvalue weighted by Gasteiger charge is -2.34. The fourth-order valence-electron chi connectivity index (χ4n) is 4.41. The van der Waals surface area contributed by atoms with Crippen LogP contribution in [0.3, 0.4) is 0 Å². The zero-order valence-electron chi connectivity index (χ0n) is 16.4. The first-order chi connectivity index (χ1) is 12.1. The van der Waals surface area contributed by atoms with Crippen LogP contribution < -0.4 is 10.7 Å². The van der Waals surface area contributed by atoms with Crippen LogP contribution in [0.1, 0.15) is 61.5 Å². The molecule has 2 N–H and O–H groups in total. The first-order valence-corrected chi connectivity index (χ1v) is 9.36. The molecule has 1 aromatic rings. The van der Waals surface area contributed by atoms with E-state index in [9.17, 15) is 9.59 Å². The molecule has 0 aromatic heterocycles. The topological polar surface area (TPSA) is 70.6 Å². The van der Waals surface area contributed by atoms with Crippen molar-refractivity contribution in [3.05, 3.63) is 34.9 Å². The van der Waals surface area contributed by atoms with Crippen LogP contribution in [0.25, 0.3) is 0 Å². The van der Waals surface area contributed by atoms with Crippen LogP contribution in [0, 0.1) is 30.6 Å². The molecule has 2 amide bonds. The third-order valence-electron chi connectivity index (χ3n) is 7.01. The number of amides is 2. The fraction of sp³-hybridized carbons (Fsp3) is 0.571. The zero-order valence-corrected chi connectivity index (χ0v) is 16.4. The van der Waals surface area contributed by atoms with E-state index in [0.29, 0.717) is 11.5 Å². The minimum absolute atomic E-state index is 0.0631. The molecule has 1 aromatic carbocycles. The predicted octanol–water partition coefficient (Wildman–Crippen LogP) is 3.35. The fourth-order valence-corrected chi connectivity index (χ4v) is 4.41. The Morgan fingerprint density at radius 3 is 2.50 bits per heavy atom. The van der Waals surface area contributed by atoms with Crippen LogP contribution in [-0.2, 0) is 4.79 Å². The number of carbonyl (C=O) groups is 2. The molecule has 0 heterocycles. The minimum atomic E-state index is -0.293. The number of hydrogen-bond donors (Lipinski definition) is 2. The summed E-state index contributed by atoms with van der Waals surface area (Å²) < 4.78 is 0. The number of nitrogens with one attached hydrogen (secondary N) is 2. The summed E-state index contributed by atoms with van der Waals surface area (Å²) in [5.41, 5.74) is 6.77. The summed E-state index contributed by atoms with van der Waals surface area (Å²) in [6, 6.07) is 5.52. The zero-order chi connectivity index (χ0) is 19.1. The second kappa shape index (κ2) is 6.53. The number of fused-ring (bicyclic) bond motifs is 2. The normalized spacial score (nSPS) is 27.6. The Bertz CT molecular complexity index is 781. The SMILES string of the molecule is Cc1ccc(C(=O)NCC(=O)N/N=C2/C[C@@H]3CC[C@]2(C)C3(C)C)cc1C. The Morgan fingerprint density at radius 2 is 1.92 bits per heavy atom. The molecule has 0 radical (unpaired) electrons. The molecular formula is C21H29N3O2. The monoisotopic (exact) mass is 355 g/mol. The third-order valence-corrected chi connectivity index (χ3v) is 7.01. The van der Waals surface area contributed by atoms with Gasteiger partial charge in [0, 0.05) is 16.7 Å². The summed E-state index contributed by atoms with van der Waals surface area (Å²) in [5.74, 6) is 0.107. The van der Waals surface area contributed by atoms with Gasteiger partial charge in [-0.25, -0.2) is 5.43 Å². The van der Waals surface area contributed by atoms with E-state index in [4.69, 9.17) is 0 Å². The summed E-state index contributed by atoms with van der Waals surface area (Å²) in [6.45, 7) is 10.8. The molecule has 0 unspecified atom stereocenters. The molecule has 2 atom stereocenters. The van der Waals surface area contributed by atoms with E-state index >= 15 is 0 Å². The van der Waals surface area contributed by atoms with E-state index in [-0.39, 0.29) is 29.2 Å². The van der Waals surface area contributed by atoms with Crippen molar-refractivity contribution >= 4 is 17.5 Å². The largest absolute Gasteiger partial charge is 0.343 e. The Kier molecular flexibility index (Phi) is 4.67. The van der Waals surface area contributed by atoms with E-state index in [1.165, 1.54) is 6.42 Å². The Labute approximate surface area is 155 Å². The highest BCUT2D eigenvalue weighted by Crippen LogP contribution is 2.63. The highest BCUT2D eigenvalue weighted by atomic mass is 16.2. The van der Waals surface area contributed by atoms with Gasteiger partial charge in [0.25, 0.3) is 11.8 Å². The van der Waals surface area contributed by atoms with Gasteiger partial charge in [-0.05, 0) is 67.7 Å². The van der Waals surface area contributed by atoms with Crippen LogP contribution >= 0.6 is 0 Å². The molecule has 5 heteroatoms. The summed E-state index contributed by atoms with van der Waals surface area (Å²) in [7, 11) is 0. The molecule has 2 bridgehead atoms. The van der Waals surface area contributed by atoms with E-state index in [0.717, 1.165) is 29.7 Å². The van der Waals surface area contributed by atoms with Crippen LogP contribution in [0.2, 0.25) is 0 Å². The Balaban J connectivity index is 1.55. The molecule has 0 aliphatic heterocycles. The van der Waals surface area contributed by atoms with Crippen molar-refractivity contribution in [2.75, 3.05) is 6.54 Å². The third kappa shape index (κ3) is 3.04. The maximum Gasteiger partial charge on any atom is 0.259 e. The van der Waals surface area contributed by atoms with Gasteiger partial charge in [-0.3, -0.25) is 9.59 Å². The molecule has 0 spiro atoms. The number of aryl methyl sites for hydroxylation is 2. The molecule has 0 saturated heterocycles. The lowest BCUT2D eigenvalue weighted by molar-refractivity contribution is -0.120. The molecule has 2 aliphatic rings. The second-order valence-corrected chi connectivity index (χ2v) is 8.57. The van der Waals surface area contributed by atoms with Gasteiger partial charge in [-0.2, -0.15) is 5.10 Å². The highest BCUT2D eigenvalue weighted by molar-refractivity contribution is 5.97. The van der Waals surface area contributed by atoms with Gasteiger partial charge in [0.05, 0.1) is 6.54 Å². The van der Waals surface area contributed by atoms with Gasteiger partial charge in [0.1, 0.15) is 0 Å². The van der Waals surface area contributed by atoms with Crippen molar-refractivity contribution in [3.63, 3.8) is 0 Å². The van der Waals surface area contributed by atoms with Gasteiger partial charge in [0.2, 0.25) is 0 Å². The molecular weight excluding hydrogens is 326 g/mol. The van der Waals surface area contributed by atoms with Crippen molar-refractivity contribution in [2.24, 2.45) is 21.8 Å². The van der Waals surface area contributed by atoms with Crippen molar-refractivity contribution in [1.29, 1.82) is 0 Å². The lowest BCUT2D eigenvalue weighted by Crippen LogP contribution is -2.37. The summed E-state index contributed by atoms with van der Waals surface area (Å²) in [6.07, 6.45) is 3.32. The second-order valence-electron chi connectivity index (χ2n) is 8.57. The molecule has 140 valence electrons. The quantitative estimate of drug-likeness (QED) is 0.813. The van der Waals surface area contributed by atoms with Crippen molar-refractivity contribution in [1.82, 2.24) is 10.7 Å². The van der Waals surface area contributed by atoms with Crippen molar-refractivity contribution < 1.29 is 9.59 Å². The maximum atomic E-state index is 12.2. The Morgan fingerprint density at radius 1 is 1.19 bits per heavy atom. The number of hydrazone groups is 1. The van der Waals surface area contributed by atoms with Gasteiger partial charge >= 0.3 is 0 Å².